The molecule has 0 saturated carbocycles. The minimum absolute atomic E-state index is 0.375. The molecule has 3 rings (SSSR count). The Hall–Kier alpha value is -0.870. The van der Waals surface area contributed by atoms with Crippen molar-refractivity contribution in [3.63, 3.8) is 0 Å². The van der Waals surface area contributed by atoms with Crippen LogP contribution in [0.4, 0.5) is 0 Å². The van der Waals surface area contributed by atoms with Crippen LogP contribution in [-0.4, -0.2) is 28.8 Å². The van der Waals surface area contributed by atoms with E-state index in [1.54, 1.807) is 0 Å². The molecule has 2 aliphatic heterocycles. The van der Waals surface area contributed by atoms with Crippen LogP contribution >= 0.6 is 0 Å². The number of nitrogens with zero attached hydrogens (tertiary/aromatic N) is 2. The van der Waals surface area contributed by atoms with Gasteiger partial charge in [-0.1, -0.05) is 0 Å². The highest BCUT2D eigenvalue weighted by atomic mass is 16.5. The fraction of sp³-hybridized carbons (Fsp3) is 0.769. The molecule has 1 N–H and O–H groups in total. The van der Waals surface area contributed by atoms with Crippen LogP contribution in [0.5, 0.6) is 0 Å². The first-order chi connectivity index (χ1) is 8.34. The fourth-order valence-electron chi connectivity index (χ4n) is 3.05. The largest absolute Gasteiger partial charge is 0.378 e. The van der Waals surface area contributed by atoms with E-state index in [-0.39, 0.29) is 0 Å². The van der Waals surface area contributed by atoms with E-state index in [0.29, 0.717) is 18.2 Å². The lowest BCUT2D eigenvalue weighted by Gasteiger charge is -2.30. The van der Waals surface area contributed by atoms with Gasteiger partial charge in [-0.15, -0.1) is 0 Å². The van der Waals surface area contributed by atoms with Crippen LogP contribution in [0.1, 0.15) is 50.4 Å². The van der Waals surface area contributed by atoms with Gasteiger partial charge in [-0.3, -0.25) is 0 Å². The molecule has 3 atom stereocenters. The van der Waals surface area contributed by atoms with Gasteiger partial charge < -0.3 is 14.6 Å². The molecule has 2 saturated heterocycles. The van der Waals surface area contributed by atoms with Crippen molar-refractivity contribution in [3.05, 3.63) is 18.2 Å². The summed E-state index contributed by atoms with van der Waals surface area (Å²) in [5, 5.41) is 3.56. The summed E-state index contributed by atoms with van der Waals surface area (Å²) in [6.07, 6.45) is 9.14. The maximum atomic E-state index is 5.62. The molecular weight excluding hydrogens is 214 g/mol. The van der Waals surface area contributed by atoms with E-state index in [1.165, 1.54) is 18.5 Å². The van der Waals surface area contributed by atoms with E-state index in [2.05, 4.69) is 21.8 Å². The van der Waals surface area contributed by atoms with Crippen molar-refractivity contribution >= 4 is 0 Å². The highest BCUT2D eigenvalue weighted by molar-refractivity contribution is 5.09. The topological polar surface area (TPSA) is 39.1 Å². The first kappa shape index (κ1) is 11.2. The minimum Gasteiger partial charge on any atom is -0.378 e. The lowest BCUT2D eigenvalue weighted by molar-refractivity contribution is 0.00523. The predicted molar refractivity (Wildman–Crippen MR) is 65.9 cm³/mol. The van der Waals surface area contributed by atoms with Crippen LogP contribution in [0.15, 0.2) is 12.5 Å². The highest BCUT2D eigenvalue weighted by Gasteiger charge is 2.26. The monoisotopic (exact) mass is 235 g/mol. The zero-order valence-corrected chi connectivity index (χ0v) is 10.4. The summed E-state index contributed by atoms with van der Waals surface area (Å²) in [6.45, 7) is 4.18. The fourth-order valence-corrected chi connectivity index (χ4v) is 3.05. The van der Waals surface area contributed by atoms with Crippen LogP contribution in [0, 0.1) is 0 Å². The summed E-state index contributed by atoms with van der Waals surface area (Å²) in [4.78, 5) is 4.35. The van der Waals surface area contributed by atoms with Gasteiger partial charge in [0.15, 0.2) is 0 Å². The Balaban J connectivity index is 1.79. The summed E-state index contributed by atoms with van der Waals surface area (Å²) in [7, 11) is 0. The number of hydrogen-bond donors (Lipinski definition) is 1. The van der Waals surface area contributed by atoms with Gasteiger partial charge in [0, 0.05) is 24.9 Å². The number of hydrogen-bond acceptors (Lipinski definition) is 3. The number of rotatable bonds is 2. The Morgan fingerprint density at radius 3 is 3.18 bits per heavy atom. The normalized spacial score (nSPS) is 34.1. The van der Waals surface area contributed by atoms with E-state index in [9.17, 15) is 0 Å². The molecule has 0 aliphatic carbocycles. The molecule has 1 aromatic heterocycles. The van der Waals surface area contributed by atoms with Crippen LogP contribution in [0.3, 0.4) is 0 Å². The number of ether oxygens (including phenoxy) is 1. The minimum atomic E-state index is 0.375. The number of imidazole rings is 1. The molecule has 17 heavy (non-hydrogen) atoms. The summed E-state index contributed by atoms with van der Waals surface area (Å²) in [5.41, 5.74) is 1.36. The Morgan fingerprint density at radius 1 is 1.47 bits per heavy atom. The predicted octanol–water partition coefficient (Wildman–Crippen LogP) is 2.05. The lowest BCUT2D eigenvalue weighted by Crippen LogP contribution is -2.27. The second kappa shape index (κ2) is 4.78. The highest BCUT2D eigenvalue weighted by Crippen LogP contribution is 2.30. The van der Waals surface area contributed by atoms with Gasteiger partial charge in [-0.2, -0.15) is 0 Å². The quantitative estimate of drug-likeness (QED) is 0.852. The van der Waals surface area contributed by atoms with Crippen LogP contribution < -0.4 is 5.32 Å². The molecule has 94 valence electrons. The van der Waals surface area contributed by atoms with Crippen LogP contribution in [0.2, 0.25) is 0 Å². The first-order valence-corrected chi connectivity index (χ1v) is 6.71. The van der Waals surface area contributed by atoms with Gasteiger partial charge in [0.05, 0.1) is 18.1 Å². The molecule has 4 heteroatoms. The maximum Gasteiger partial charge on any atom is 0.0951 e. The Morgan fingerprint density at radius 2 is 2.41 bits per heavy atom. The molecule has 1 aromatic rings. The second-order valence-electron chi connectivity index (χ2n) is 5.23. The third-order valence-corrected chi connectivity index (χ3v) is 3.96. The van der Waals surface area contributed by atoms with Crippen LogP contribution in [0.25, 0.3) is 0 Å². The van der Waals surface area contributed by atoms with Gasteiger partial charge in [0.25, 0.3) is 0 Å². The Kier molecular flexibility index (Phi) is 3.16. The van der Waals surface area contributed by atoms with Gasteiger partial charge in [0.2, 0.25) is 0 Å². The molecule has 2 aliphatic rings. The SMILES string of the molecule is CC1CC(n2cncc2[C@@H]2CCCN2)CCO1. The molecule has 0 amide bonds. The van der Waals surface area contributed by atoms with Crippen molar-refractivity contribution in [1.29, 1.82) is 0 Å². The molecule has 4 nitrogen and oxygen atoms in total. The van der Waals surface area contributed by atoms with E-state index in [0.717, 1.165) is 26.0 Å². The summed E-state index contributed by atoms with van der Waals surface area (Å²) in [5.74, 6) is 0. The van der Waals surface area contributed by atoms with Crippen molar-refractivity contribution in [3.8, 4) is 0 Å². The van der Waals surface area contributed by atoms with Crippen molar-refractivity contribution < 1.29 is 4.74 Å². The molecule has 0 spiro atoms. The molecular formula is C13H21N3O. The van der Waals surface area contributed by atoms with Crippen LogP contribution in [-0.2, 0) is 4.74 Å². The second-order valence-corrected chi connectivity index (χ2v) is 5.23. The zero-order chi connectivity index (χ0) is 11.7. The third kappa shape index (κ3) is 2.24. The van der Waals surface area contributed by atoms with Gasteiger partial charge in [0.1, 0.15) is 0 Å². The maximum absolute atomic E-state index is 5.62. The van der Waals surface area contributed by atoms with E-state index in [4.69, 9.17) is 4.74 Å². The molecule has 2 fully saturated rings. The van der Waals surface area contributed by atoms with Crippen molar-refractivity contribution in [1.82, 2.24) is 14.9 Å². The van der Waals surface area contributed by atoms with E-state index < -0.39 is 0 Å². The van der Waals surface area contributed by atoms with Crippen molar-refractivity contribution in [2.24, 2.45) is 0 Å². The molecule has 0 radical (unpaired) electrons. The average molecular weight is 235 g/mol. The Labute approximate surface area is 102 Å². The van der Waals surface area contributed by atoms with Crippen molar-refractivity contribution in [2.45, 2.75) is 50.8 Å². The average Bonchev–Trinajstić information content (AvgIpc) is 3.00. The lowest BCUT2D eigenvalue weighted by atomic mass is 10.0. The number of aromatic nitrogens is 2. The number of nitrogens with one attached hydrogen (secondary N) is 1. The van der Waals surface area contributed by atoms with E-state index >= 15 is 0 Å². The zero-order valence-electron chi connectivity index (χ0n) is 10.4. The summed E-state index contributed by atoms with van der Waals surface area (Å²) in [6, 6.07) is 1.08. The van der Waals surface area contributed by atoms with E-state index in [1.807, 2.05) is 12.5 Å². The third-order valence-electron chi connectivity index (χ3n) is 3.96. The molecule has 3 heterocycles. The summed E-state index contributed by atoms with van der Waals surface area (Å²) < 4.78 is 8.00. The van der Waals surface area contributed by atoms with Gasteiger partial charge in [-0.25, -0.2) is 4.98 Å². The standard InChI is InChI=1S/C13H21N3O/c1-10-7-11(4-6-17-10)16-9-14-8-13(16)12-3-2-5-15-12/h8-12,15H,2-7H2,1H3/t10?,11?,12-/m0/s1. The Bertz CT molecular complexity index is 370. The van der Waals surface area contributed by atoms with Crippen molar-refractivity contribution in [2.75, 3.05) is 13.2 Å². The molecule has 0 aromatic carbocycles. The summed E-state index contributed by atoms with van der Waals surface area (Å²) >= 11 is 0. The molecule has 0 bridgehead atoms. The smallest absolute Gasteiger partial charge is 0.0951 e. The van der Waals surface area contributed by atoms with Gasteiger partial charge in [-0.05, 0) is 39.2 Å². The van der Waals surface area contributed by atoms with Gasteiger partial charge >= 0.3 is 0 Å². The molecule has 2 unspecified atom stereocenters. The first-order valence-electron chi connectivity index (χ1n) is 6.71.